The summed E-state index contributed by atoms with van der Waals surface area (Å²) in [5.41, 5.74) is -0.670. The lowest BCUT2D eigenvalue weighted by Gasteiger charge is -2.55. The van der Waals surface area contributed by atoms with Crippen molar-refractivity contribution in [1.82, 2.24) is 0 Å². The molecule has 0 aromatic rings. The Hall–Kier alpha value is -1.39. The van der Waals surface area contributed by atoms with Crippen molar-refractivity contribution in [2.75, 3.05) is 0 Å². The highest BCUT2D eigenvalue weighted by Gasteiger charge is 2.59. The van der Waals surface area contributed by atoms with Crippen molar-refractivity contribution < 1.29 is 24.2 Å². The van der Waals surface area contributed by atoms with Crippen molar-refractivity contribution in [3.63, 3.8) is 0 Å². The van der Waals surface area contributed by atoms with E-state index in [1.807, 2.05) is 6.92 Å². The van der Waals surface area contributed by atoms with Crippen molar-refractivity contribution in [3.05, 3.63) is 0 Å². The summed E-state index contributed by atoms with van der Waals surface area (Å²) in [6, 6.07) is 0. The predicted octanol–water partition coefficient (Wildman–Crippen LogP) is 4.95. The maximum Gasteiger partial charge on any atom is 0.302 e. The van der Waals surface area contributed by atoms with E-state index in [1.165, 1.54) is 26.2 Å². The first-order chi connectivity index (χ1) is 15.4. The summed E-state index contributed by atoms with van der Waals surface area (Å²) in [5.74, 6) is -0.119. The zero-order chi connectivity index (χ0) is 24.6. The average molecular weight is 462 g/mol. The van der Waals surface area contributed by atoms with E-state index in [0.717, 1.165) is 31.6 Å². The van der Waals surface area contributed by atoms with Crippen LogP contribution in [0.3, 0.4) is 0 Å². The molecule has 3 fully saturated rings. The van der Waals surface area contributed by atoms with Crippen LogP contribution in [-0.4, -0.2) is 23.8 Å². The Balaban J connectivity index is 1.77. The Kier molecular flexibility index (Phi) is 8.01. The van der Waals surface area contributed by atoms with Gasteiger partial charge in [0.05, 0.1) is 0 Å². The van der Waals surface area contributed by atoms with Crippen LogP contribution < -0.4 is 5.11 Å². The molecule has 0 radical (unpaired) electrons. The fourth-order valence-electron chi connectivity index (χ4n) is 8.08. The van der Waals surface area contributed by atoms with E-state index in [2.05, 4.69) is 27.7 Å². The smallest absolute Gasteiger partial charge is 0.302 e. The standard InChI is InChI=1S/C28H46O5/c1-17(2)8-7-9-18(3)21-10-11-22-25(26(31)32)23(13-15-27(21,22)5)28(6)14-12-20(16-24(28)30)33-19(4)29/h17-18,20-23,25H,7-16H2,1-6H3,(H,31,32)/p-1/t18-,20-,21+,22-,23-,25+,27+,28+/m0/s1. The van der Waals surface area contributed by atoms with Crippen LogP contribution in [0.2, 0.25) is 0 Å². The van der Waals surface area contributed by atoms with E-state index in [4.69, 9.17) is 4.74 Å². The molecule has 5 heteroatoms. The molecule has 188 valence electrons. The van der Waals surface area contributed by atoms with Gasteiger partial charge in [0.1, 0.15) is 11.9 Å². The molecular formula is C28H45O5-. The molecule has 3 rings (SSSR count). The third-order valence-corrected chi connectivity index (χ3v) is 9.93. The molecule has 0 unspecified atom stereocenters. The predicted molar refractivity (Wildman–Crippen MR) is 126 cm³/mol. The van der Waals surface area contributed by atoms with Gasteiger partial charge in [0.15, 0.2) is 0 Å². The molecule has 0 saturated heterocycles. The Bertz CT molecular complexity index is 745. The number of hydrogen-bond donors (Lipinski definition) is 0. The van der Waals surface area contributed by atoms with Gasteiger partial charge in [-0.25, -0.2) is 0 Å². The van der Waals surface area contributed by atoms with Gasteiger partial charge in [-0.05, 0) is 73.5 Å². The number of carbonyl (C=O) groups is 3. The van der Waals surface area contributed by atoms with Crippen molar-refractivity contribution >= 4 is 17.7 Å². The summed E-state index contributed by atoms with van der Waals surface area (Å²) in [6.45, 7) is 12.5. The minimum atomic E-state index is -0.972. The van der Waals surface area contributed by atoms with Gasteiger partial charge >= 0.3 is 5.97 Å². The normalized spacial score (nSPS) is 39.8. The lowest BCUT2D eigenvalue weighted by molar-refractivity contribution is -0.319. The second-order valence-corrected chi connectivity index (χ2v) is 12.4. The fraction of sp³-hybridized carbons (Fsp3) is 0.893. The van der Waals surface area contributed by atoms with Gasteiger partial charge in [-0.3, -0.25) is 9.59 Å². The van der Waals surface area contributed by atoms with Crippen LogP contribution in [0, 0.1) is 46.3 Å². The Labute approximate surface area is 200 Å². The fourth-order valence-corrected chi connectivity index (χ4v) is 8.08. The number of carboxylic acids is 1. The van der Waals surface area contributed by atoms with E-state index < -0.39 is 17.3 Å². The molecule has 0 heterocycles. The van der Waals surface area contributed by atoms with Crippen LogP contribution in [0.5, 0.6) is 0 Å². The monoisotopic (exact) mass is 461 g/mol. The van der Waals surface area contributed by atoms with E-state index in [9.17, 15) is 19.5 Å². The third-order valence-electron chi connectivity index (χ3n) is 9.93. The highest BCUT2D eigenvalue weighted by Crippen LogP contribution is 2.64. The Morgan fingerprint density at radius 3 is 2.30 bits per heavy atom. The summed E-state index contributed by atoms with van der Waals surface area (Å²) in [7, 11) is 0. The Morgan fingerprint density at radius 2 is 1.73 bits per heavy atom. The maximum atomic E-state index is 13.3. The van der Waals surface area contributed by atoms with Crippen molar-refractivity contribution in [3.8, 4) is 0 Å². The lowest BCUT2D eigenvalue weighted by Crippen LogP contribution is -2.56. The van der Waals surface area contributed by atoms with Crippen LogP contribution in [-0.2, 0) is 19.1 Å². The molecule has 0 spiro atoms. The van der Waals surface area contributed by atoms with Gasteiger partial charge in [-0.1, -0.05) is 53.9 Å². The molecule has 0 N–H and O–H groups in total. The van der Waals surface area contributed by atoms with Crippen LogP contribution in [0.4, 0.5) is 0 Å². The van der Waals surface area contributed by atoms with Gasteiger partial charge in [0.25, 0.3) is 0 Å². The van der Waals surface area contributed by atoms with Crippen molar-refractivity contribution in [2.24, 2.45) is 46.3 Å². The summed E-state index contributed by atoms with van der Waals surface area (Å²) < 4.78 is 5.30. The molecular weight excluding hydrogens is 416 g/mol. The number of Topliss-reactive ketones (excluding diaryl/α,β-unsaturated/α-hetero) is 1. The number of hydrogen-bond acceptors (Lipinski definition) is 5. The molecule has 33 heavy (non-hydrogen) atoms. The average Bonchev–Trinajstić information content (AvgIpc) is 3.06. The first-order valence-electron chi connectivity index (χ1n) is 13.3. The van der Waals surface area contributed by atoms with Gasteiger partial charge in [0, 0.05) is 30.6 Å². The zero-order valence-corrected chi connectivity index (χ0v) is 21.7. The van der Waals surface area contributed by atoms with E-state index >= 15 is 0 Å². The summed E-state index contributed by atoms with van der Waals surface area (Å²) in [4.78, 5) is 37.2. The number of carbonyl (C=O) groups excluding carboxylic acids is 3. The number of rotatable bonds is 8. The zero-order valence-electron chi connectivity index (χ0n) is 21.7. The molecule has 0 aromatic carbocycles. The van der Waals surface area contributed by atoms with E-state index in [1.54, 1.807) is 0 Å². The number of ketones is 1. The van der Waals surface area contributed by atoms with Crippen LogP contribution in [0.15, 0.2) is 0 Å². The van der Waals surface area contributed by atoms with Crippen molar-refractivity contribution in [1.29, 1.82) is 0 Å². The minimum absolute atomic E-state index is 0.00678. The number of esters is 1. The highest BCUT2D eigenvalue weighted by molar-refractivity contribution is 5.87. The molecule has 3 saturated carbocycles. The van der Waals surface area contributed by atoms with E-state index in [0.29, 0.717) is 24.7 Å². The first kappa shape index (κ1) is 26.2. The number of fused-ring (bicyclic) bond motifs is 1. The minimum Gasteiger partial charge on any atom is -0.550 e. The molecule has 0 aromatic heterocycles. The number of ether oxygens (including phenoxy) is 1. The quantitative estimate of drug-likeness (QED) is 0.478. The van der Waals surface area contributed by atoms with Crippen LogP contribution >= 0.6 is 0 Å². The van der Waals surface area contributed by atoms with Crippen LogP contribution in [0.25, 0.3) is 0 Å². The Morgan fingerprint density at radius 1 is 1.03 bits per heavy atom. The summed E-state index contributed by atoms with van der Waals surface area (Å²) >= 11 is 0. The van der Waals surface area contributed by atoms with E-state index in [-0.39, 0.29) is 41.5 Å². The molecule has 3 aliphatic carbocycles. The molecule has 0 amide bonds. The largest absolute Gasteiger partial charge is 0.550 e. The molecule has 0 aliphatic heterocycles. The second-order valence-electron chi connectivity index (χ2n) is 12.4. The molecule has 5 nitrogen and oxygen atoms in total. The van der Waals surface area contributed by atoms with Crippen LogP contribution in [0.1, 0.15) is 106 Å². The maximum absolute atomic E-state index is 13.3. The highest BCUT2D eigenvalue weighted by atomic mass is 16.5. The topological polar surface area (TPSA) is 83.5 Å². The van der Waals surface area contributed by atoms with Gasteiger partial charge in [-0.2, -0.15) is 0 Å². The molecule has 3 aliphatic rings. The second kappa shape index (κ2) is 10.1. The van der Waals surface area contributed by atoms with Gasteiger partial charge < -0.3 is 14.6 Å². The van der Waals surface area contributed by atoms with Gasteiger partial charge in [0.2, 0.25) is 0 Å². The lowest BCUT2D eigenvalue weighted by atomic mass is 9.50. The number of carboxylic acid groups (broad SMARTS) is 1. The van der Waals surface area contributed by atoms with Gasteiger partial charge in [-0.15, -0.1) is 0 Å². The first-order valence-corrected chi connectivity index (χ1v) is 13.3. The summed E-state index contributed by atoms with van der Waals surface area (Å²) in [5, 5.41) is 12.6. The SMILES string of the molecule is CC(=O)O[C@H]1CC[C@](C)([C@H]2CC[C@]3(C)[C@@H]([C@@H](C)CCCC(C)C)CC[C@H]3[C@H]2C(=O)[O-])C(=O)C1. The molecule has 0 bridgehead atoms. The number of aliphatic carboxylic acids is 1. The molecule has 8 atom stereocenters. The van der Waals surface area contributed by atoms with Crippen molar-refractivity contribution in [2.45, 2.75) is 112 Å². The third kappa shape index (κ3) is 5.17. The summed E-state index contributed by atoms with van der Waals surface area (Å²) in [6.07, 6.45) is 8.47.